The molecule has 2 aromatic carbocycles. The predicted octanol–water partition coefficient (Wildman–Crippen LogP) is 4.35. The number of nitrogens with zero attached hydrogens (tertiary/aromatic N) is 5. The van der Waals surface area contributed by atoms with Crippen LogP contribution in [0.15, 0.2) is 59.9 Å². The van der Waals surface area contributed by atoms with Crippen molar-refractivity contribution in [1.82, 2.24) is 25.0 Å². The molecule has 0 fully saturated rings. The molecule has 0 saturated heterocycles. The van der Waals surface area contributed by atoms with Crippen LogP contribution in [0.1, 0.15) is 11.1 Å². The van der Waals surface area contributed by atoms with E-state index in [4.69, 9.17) is 11.6 Å². The average Bonchev–Trinajstić information content (AvgIpc) is 3.06. The molecule has 0 atom stereocenters. The summed E-state index contributed by atoms with van der Waals surface area (Å²) in [4.78, 5) is 8.58. The molecule has 2 aromatic heterocycles. The van der Waals surface area contributed by atoms with Crippen molar-refractivity contribution in [3.05, 3.63) is 76.8 Å². The Labute approximate surface area is 158 Å². The molecule has 0 unspecified atom stereocenters. The van der Waals surface area contributed by atoms with Crippen molar-refractivity contribution in [2.75, 3.05) is 0 Å². The smallest absolute Gasteiger partial charge is 0.183 e. The van der Waals surface area contributed by atoms with Gasteiger partial charge >= 0.3 is 0 Å². The van der Waals surface area contributed by atoms with E-state index >= 15 is 0 Å². The number of halogens is 2. The quantitative estimate of drug-likeness (QED) is 0.377. The van der Waals surface area contributed by atoms with Gasteiger partial charge in [-0.25, -0.2) is 19.0 Å². The van der Waals surface area contributed by atoms with Gasteiger partial charge in [0.2, 0.25) is 0 Å². The van der Waals surface area contributed by atoms with Gasteiger partial charge in [0.05, 0.1) is 6.54 Å². The van der Waals surface area contributed by atoms with Gasteiger partial charge < -0.3 is 0 Å². The first-order chi connectivity index (χ1) is 12.7. The molecule has 0 N–H and O–H groups in total. The highest BCUT2D eigenvalue weighted by Crippen LogP contribution is 2.27. The lowest BCUT2D eigenvalue weighted by Gasteiger charge is -2.04. The van der Waals surface area contributed by atoms with Gasteiger partial charge in [-0.15, -0.1) is 5.10 Å². The largest absolute Gasteiger partial charge is 0.227 e. The molecular weight excluding hydrogens is 373 g/mol. The van der Waals surface area contributed by atoms with Crippen molar-refractivity contribution in [2.45, 2.75) is 17.3 Å². The van der Waals surface area contributed by atoms with E-state index in [-0.39, 0.29) is 5.82 Å². The first-order valence-electron chi connectivity index (χ1n) is 7.85. The van der Waals surface area contributed by atoms with Crippen LogP contribution in [-0.4, -0.2) is 25.0 Å². The first kappa shape index (κ1) is 16.9. The van der Waals surface area contributed by atoms with E-state index in [9.17, 15) is 4.39 Å². The van der Waals surface area contributed by atoms with E-state index in [0.29, 0.717) is 39.1 Å². The summed E-state index contributed by atoms with van der Waals surface area (Å²) in [6.45, 7) is 0.530. The molecule has 130 valence electrons. The summed E-state index contributed by atoms with van der Waals surface area (Å²) in [6, 6.07) is 14.2. The summed E-state index contributed by atoms with van der Waals surface area (Å²) in [5, 5.41) is 9.77. The molecule has 0 spiro atoms. The molecular formula is C18H13ClFN5S. The van der Waals surface area contributed by atoms with Crippen LogP contribution in [0.3, 0.4) is 0 Å². The number of fused-ring (bicyclic) bond motifs is 1. The van der Waals surface area contributed by atoms with E-state index in [2.05, 4.69) is 20.3 Å². The van der Waals surface area contributed by atoms with Gasteiger partial charge in [-0.1, -0.05) is 58.9 Å². The highest BCUT2D eigenvalue weighted by Gasteiger charge is 2.13. The van der Waals surface area contributed by atoms with E-state index in [1.165, 1.54) is 24.2 Å². The van der Waals surface area contributed by atoms with E-state index in [0.717, 1.165) is 5.56 Å². The minimum atomic E-state index is -0.225. The Hall–Kier alpha value is -2.51. The fraction of sp³-hybridized carbons (Fsp3) is 0.111. The number of hydrogen-bond donors (Lipinski definition) is 0. The van der Waals surface area contributed by atoms with Gasteiger partial charge in [-0.3, -0.25) is 0 Å². The summed E-state index contributed by atoms with van der Waals surface area (Å²) in [7, 11) is 0. The highest BCUT2D eigenvalue weighted by molar-refractivity contribution is 7.98. The Morgan fingerprint density at radius 1 is 1.04 bits per heavy atom. The van der Waals surface area contributed by atoms with Crippen LogP contribution >= 0.6 is 23.4 Å². The molecule has 2 heterocycles. The average molecular weight is 386 g/mol. The lowest BCUT2D eigenvalue weighted by molar-refractivity contribution is 0.617. The Morgan fingerprint density at radius 3 is 2.65 bits per heavy atom. The molecule has 4 aromatic rings. The maximum Gasteiger partial charge on any atom is 0.183 e. The van der Waals surface area contributed by atoms with Gasteiger partial charge in [-0.05, 0) is 29.3 Å². The van der Waals surface area contributed by atoms with Crippen LogP contribution in [0.4, 0.5) is 4.39 Å². The fourth-order valence-corrected chi connectivity index (χ4v) is 3.55. The minimum Gasteiger partial charge on any atom is -0.227 e. The second-order valence-electron chi connectivity index (χ2n) is 5.60. The van der Waals surface area contributed by atoms with Crippen molar-refractivity contribution in [3.63, 3.8) is 0 Å². The highest BCUT2D eigenvalue weighted by atomic mass is 35.5. The summed E-state index contributed by atoms with van der Waals surface area (Å²) in [5.41, 5.74) is 2.92. The molecule has 0 amide bonds. The van der Waals surface area contributed by atoms with Crippen LogP contribution in [0.2, 0.25) is 5.02 Å². The monoisotopic (exact) mass is 385 g/mol. The van der Waals surface area contributed by atoms with E-state index in [1.54, 1.807) is 16.8 Å². The molecule has 0 aliphatic carbocycles. The second kappa shape index (κ2) is 7.39. The number of hydrogen-bond acceptors (Lipinski definition) is 5. The van der Waals surface area contributed by atoms with Gasteiger partial charge in [0.1, 0.15) is 17.2 Å². The molecule has 0 saturated carbocycles. The van der Waals surface area contributed by atoms with Crippen molar-refractivity contribution < 1.29 is 4.39 Å². The Morgan fingerprint density at radius 2 is 1.85 bits per heavy atom. The number of thioether (sulfide) groups is 1. The fourth-order valence-electron chi connectivity index (χ4n) is 2.51. The van der Waals surface area contributed by atoms with Gasteiger partial charge in [0.25, 0.3) is 0 Å². The van der Waals surface area contributed by atoms with Gasteiger partial charge in [0.15, 0.2) is 11.2 Å². The van der Waals surface area contributed by atoms with Gasteiger partial charge in [-0.2, -0.15) is 0 Å². The zero-order valence-electron chi connectivity index (χ0n) is 13.5. The molecule has 8 heteroatoms. The van der Waals surface area contributed by atoms with Crippen LogP contribution in [0.5, 0.6) is 0 Å². The Kier molecular flexibility index (Phi) is 4.81. The molecule has 0 aliphatic rings. The van der Waals surface area contributed by atoms with Crippen LogP contribution in [0, 0.1) is 5.82 Å². The number of aromatic nitrogens is 5. The summed E-state index contributed by atoms with van der Waals surface area (Å²) >= 11 is 7.34. The molecule has 0 aliphatic heterocycles. The van der Waals surface area contributed by atoms with Crippen LogP contribution in [-0.2, 0) is 12.3 Å². The maximum atomic E-state index is 13.8. The third-order valence-electron chi connectivity index (χ3n) is 3.83. The summed E-state index contributed by atoms with van der Waals surface area (Å²) < 4.78 is 15.5. The Balaban J connectivity index is 1.58. The first-order valence-corrected chi connectivity index (χ1v) is 9.22. The van der Waals surface area contributed by atoms with Crippen molar-refractivity contribution >= 4 is 34.5 Å². The summed E-state index contributed by atoms with van der Waals surface area (Å²) in [5.74, 6) is 0.236. The second-order valence-corrected chi connectivity index (χ2v) is 7.01. The van der Waals surface area contributed by atoms with Crippen molar-refractivity contribution in [1.29, 1.82) is 0 Å². The predicted molar refractivity (Wildman–Crippen MR) is 99.6 cm³/mol. The standard InChI is InChI=1S/C18H13ClFN5S/c19-14-7-5-12(6-8-14)9-25-17-16(23-24-25)18(22-11-21-17)26-10-13-3-1-2-4-15(13)20/h1-8,11H,9-10H2. The topological polar surface area (TPSA) is 56.5 Å². The molecule has 4 rings (SSSR count). The molecule has 0 radical (unpaired) electrons. The van der Waals surface area contributed by atoms with E-state index in [1.807, 2.05) is 30.3 Å². The minimum absolute atomic E-state index is 0.225. The third kappa shape index (κ3) is 3.54. The molecule has 0 bridgehead atoms. The third-order valence-corrected chi connectivity index (χ3v) is 5.11. The summed E-state index contributed by atoms with van der Waals surface area (Å²) in [6.07, 6.45) is 1.48. The normalized spacial score (nSPS) is 11.2. The molecule has 26 heavy (non-hydrogen) atoms. The molecule has 5 nitrogen and oxygen atoms in total. The SMILES string of the molecule is Fc1ccccc1CSc1ncnc2c1nnn2Cc1ccc(Cl)cc1. The van der Waals surface area contributed by atoms with Crippen molar-refractivity contribution in [3.8, 4) is 0 Å². The number of rotatable bonds is 5. The lowest BCUT2D eigenvalue weighted by Crippen LogP contribution is -2.03. The van der Waals surface area contributed by atoms with Crippen LogP contribution in [0.25, 0.3) is 11.2 Å². The number of benzene rings is 2. The Bertz CT molecular complexity index is 1050. The zero-order valence-corrected chi connectivity index (χ0v) is 15.1. The zero-order chi connectivity index (χ0) is 17.9. The maximum absolute atomic E-state index is 13.8. The van der Waals surface area contributed by atoms with Crippen LogP contribution < -0.4 is 0 Å². The van der Waals surface area contributed by atoms with Crippen molar-refractivity contribution in [2.24, 2.45) is 0 Å². The van der Waals surface area contributed by atoms with Gasteiger partial charge in [0, 0.05) is 10.8 Å². The lowest BCUT2D eigenvalue weighted by atomic mass is 10.2. The van der Waals surface area contributed by atoms with E-state index < -0.39 is 0 Å².